The molecule has 0 aliphatic carbocycles. The van der Waals surface area contributed by atoms with Gasteiger partial charge in [0, 0.05) is 43.2 Å². The van der Waals surface area contributed by atoms with Crippen LogP contribution in [0, 0.1) is 11.8 Å². The van der Waals surface area contributed by atoms with Crippen LogP contribution in [0.3, 0.4) is 0 Å². The number of fused-ring (bicyclic) bond motifs is 1. The van der Waals surface area contributed by atoms with Gasteiger partial charge in [-0.05, 0) is 37.8 Å². The number of esters is 1. The van der Waals surface area contributed by atoms with E-state index >= 15 is 0 Å². The van der Waals surface area contributed by atoms with Gasteiger partial charge in [-0.25, -0.2) is 0 Å². The highest BCUT2D eigenvalue weighted by atomic mass is 16.5. The summed E-state index contributed by atoms with van der Waals surface area (Å²) >= 11 is 0. The van der Waals surface area contributed by atoms with E-state index < -0.39 is 5.91 Å². The summed E-state index contributed by atoms with van der Waals surface area (Å²) in [5, 5.41) is 17.9. The zero-order chi connectivity index (χ0) is 35.3. The first-order valence-electron chi connectivity index (χ1n) is 18.4. The fraction of sp³-hybridized carbons (Fsp3) is 0.641. The minimum atomic E-state index is -0.460. The van der Waals surface area contributed by atoms with Gasteiger partial charge in [0.2, 0.25) is 11.8 Å². The number of nitrogens with one attached hydrogen (secondary N) is 2. The van der Waals surface area contributed by atoms with Gasteiger partial charge < -0.3 is 25.4 Å². The monoisotopic (exact) mass is 667 g/mol. The van der Waals surface area contributed by atoms with Gasteiger partial charge in [0.05, 0.1) is 23.8 Å². The number of rotatable bonds is 24. The van der Waals surface area contributed by atoms with Gasteiger partial charge in [-0.15, -0.1) is 0 Å². The Balaban J connectivity index is 1.91. The van der Waals surface area contributed by atoms with Crippen LogP contribution in [0.1, 0.15) is 135 Å². The SMILES string of the molecule is CCCCCCCCCCCCN(C(C)=O)c1cccc2c(O)c(C(=O)NCCNC(=O)C(CC)CC(C)C(=O)OCCCC)ccc12. The lowest BCUT2D eigenvalue weighted by atomic mass is 9.93. The summed E-state index contributed by atoms with van der Waals surface area (Å²) in [6.07, 6.45) is 14.9. The van der Waals surface area contributed by atoms with Gasteiger partial charge in [-0.1, -0.05) is 110 Å². The Bertz CT molecular complexity index is 1300. The molecule has 268 valence electrons. The quantitative estimate of drug-likeness (QED) is 0.0768. The molecule has 0 saturated heterocycles. The number of aromatic hydroxyl groups is 1. The second-order valence-electron chi connectivity index (χ2n) is 13.0. The van der Waals surface area contributed by atoms with Crippen molar-refractivity contribution < 1.29 is 29.0 Å². The summed E-state index contributed by atoms with van der Waals surface area (Å²) in [6.45, 7) is 10.9. The van der Waals surface area contributed by atoms with Crippen molar-refractivity contribution in [3.05, 3.63) is 35.9 Å². The van der Waals surface area contributed by atoms with Crippen LogP contribution in [-0.2, 0) is 19.1 Å². The van der Waals surface area contributed by atoms with E-state index in [9.17, 15) is 24.3 Å². The van der Waals surface area contributed by atoms with Crippen LogP contribution < -0.4 is 15.5 Å². The molecule has 48 heavy (non-hydrogen) atoms. The predicted molar refractivity (Wildman–Crippen MR) is 194 cm³/mol. The second-order valence-corrected chi connectivity index (χ2v) is 13.0. The van der Waals surface area contributed by atoms with Crippen molar-refractivity contribution in [2.75, 3.05) is 31.1 Å². The van der Waals surface area contributed by atoms with Gasteiger partial charge in [-0.2, -0.15) is 0 Å². The molecule has 0 aliphatic rings. The molecule has 3 amide bonds. The molecule has 0 aliphatic heterocycles. The van der Waals surface area contributed by atoms with E-state index in [0.29, 0.717) is 36.8 Å². The molecular weight excluding hydrogens is 606 g/mol. The van der Waals surface area contributed by atoms with E-state index in [0.717, 1.165) is 37.8 Å². The first-order valence-corrected chi connectivity index (χ1v) is 18.4. The maximum atomic E-state index is 13.0. The van der Waals surface area contributed by atoms with Crippen molar-refractivity contribution >= 4 is 40.2 Å². The van der Waals surface area contributed by atoms with Gasteiger partial charge >= 0.3 is 5.97 Å². The Morgan fingerprint density at radius 2 is 1.42 bits per heavy atom. The summed E-state index contributed by atoms with van der Waals surface area (Å²) in [4.78, 5) is 52.4. The van der Waals surface area contributed by atoms with Crippen LogP contribution in [0.5, 0.6) is 5.75 Å². The molecule has 0 spiro atoms. The van der Waals surface area contributed by atoms with Crippen molar-refractivity contribution in [2.45, 2.75) is 125 Å². The number of benzene rings is 2. The van der Waals surface area contributed by atoms with Crippen LogP contribution >= 0.6 is 0 Å². The summed E-state index contributed by atoms with van der Waals surface area (Å²) in [5.74, 6) is -1.85. The Hall–Kier alpha value is -3.62. The Kier molecular flexibility index (Phi) is 19.3. The molecule has 9 heteroatoms. The van der Waals surface area contributed by atoms with Gasteiger partial charge in [-0.3, -0.25) is 19.2 Å². The average molecular weight is 668 g/mol. The lowest BCUT2D eigenvalue weighted by Crippen LogP contribution is -2.38. The number of ether oxygens (including phenoxy) is 1. The van der Waals surface area contributed by atoms with Crippen LogP contribution in [0.15, 0.2) is 30.3 Å². The van der Waals surface area contributed by atoms with Crippen LogP contribution in [0.4, 0.5) is 5.69 Å². The number of anilines is 1. The van der Waals surface area contributed by atoms with Gasteiger partial charge in [0.1, 0.15) is 5.75 Å². The molecule has 9 nitrogen and oxygen atoms in total. The average Bonchev–Trinajstić information content (AvgIpc) is 3.07. The smallest absolute Gasteiger partial charge is 0.308 e. The number of phenols is 1. The molecule has 3 N–H and O–H groups in total. The zero-order valence-electron chi connectivity index (χ0n) is 30.2. The molecule has 0 aromatic heterocycles. The van der Waals surface area contributed by atoms with E-state index in [2.05, 4.69) is 17.6 Å². The first-order chi connectivity index (χ1) is 23.2. The minimum absolute atomic E-state index is 0.0616. The van der Waals surface area contributed by atoms with Crippen LogP contribution in [-0.4, -0.2) is 55.0 Å². The molecule has 0 saturated carbocycles. The maximum absolute atomic E-state index is 13.0. The van der Waals surface area contributed by atoms with E-state index in [1.54, 1.807) is 43.0 Å². The predicted octanol–water partition coefficient (Wildman–Crippen LogP) is 8.06. The lowest BCUT2D eigenvalue weighted by molar-refractivity contribution is -0.148. The molecule has 2 atom stereocenters. The van der Waals surface area contributed by atoms with Crippen LogP contribution in [0.2, 0.25) is 0 Å². The number of nitrogens with zero attached hydrogens (tertiary/aromatic N) is 1. The number of hydrogen-bond donors (Lipinski definition) is 3. The van der Waals surface area contributed by atoms with Gasteiger partial charge in [0.15, 0.2) is 0 Å². The summed E-state index contributed by atoms with van der Waals surface area (Å²) < 4.78 is 5.29. The second kappa shape index (κ2) is 22.9. The Morgan fingerprint density at radius 1 is 0.792 bits per heavy atom. The summed E-state index contributed by atoms with van der Waals surface area (Å²) in [7, 11) is 0. The van der Waals surface area contributed by atoms with Crippen molar-refractivity contribution in [3.8, 4) is 5.75 Å². The normalized spacial score (nSPS) is 12.4. The summed E-state index contributed by atoms with van der Waals surface area (Å²) in [6, 6.07) is 8.76. The first kappa shape index (κ1) is 40.6. The van der Waals surface area contributed by atoms with Crippen molar-refractivity contribution in [2.24, 2.45) is 11.8 Å². The number of carbonyl (C=O) groups is 4. The third kappa shape index (κ3) is 13.5. The summed E-state index contributed by atoms with van der Waals surface area (Å²) in [5.41, 5.74) is 0.840. The zero-order valence-corrected chi connectivity index (χ0v) is 30.2. The molecule has 0 heterocycles. The van der Waals surface area contributed by atoms with Crippen molar-refractivity contribution in [1.82, 2.24) is 10.6 Å². The van der Waals surface area contributed by atoms with E-state index in [4.69, 9.17) is 4.74 Å². The minimum Gasteiger partial charge on any atom is -0.506 e. The fourth-order valence-corrected chi connectivity index (χ4v) is 5.99. The molecule has 2 rings (SSSR count). The number of unbranched alkanes of at least 4 members (excludes halogenated alkanes) is 10. The number of hydrogen-bond acceptors (Lipinski definition) is 6. The highest BCUT2D eigenvalue weighted by Crippen LogP contribution is 2.35. The topological polar surface area (TPSA) is 125 Å². The van der Waals surface area contributed by atoms with E-state index in [1.807, 2.05) is 19.9 Å². The molecule has 0 fully saturated rings. The third-order valence-electron chi connectivity index (χ3n) is 9.02. The third-order valence-corrected chi connectivity index (χ3v) is 9.02. The maximum Gasteiger partial charge on any atom is 0.308 e. The fourth-order valence-electron chi connectivity index (χ4n) is 5.99. The standard InChI is InChI=1S/C39H61N3O6/c1-6-9-11-12-13-14-15-16-17-18-26-42(30(5)43)35-21-19-20-33-32(35)22-23-34(36(33)44)38(46)41-25-24-40-37(45)31(8-3)28-29(4)39(47)48-27-10-7-2/h19-23,29,31,44H,6-18,24-28H2,1-5H3,(H,40,45)(H,41,46). The van der Waals surface area contributed by atoms with Crippen molar-refractivity contribution in [3.63, 3.8) is 0 Å². The number of carbonyl (C=O) groups excluding carboxylic acids is 4. The molecule has 0 radical (unpaired) electrons. The lowest BCUT2D eigenvalue weighted by Gasteiger charge is -2.23. The van der Waals surface area contributed by atoms with E-state index in [-0.39, 0.29) is 54.0 Å². The van der Waals surface area contributed by atoms with Crippen molar-refractivity contribution in [1.29, 1.82) is 0 Å². The number of phenolic OH excluding ortho intramolecular Hbond substituents is 1. The highest BCUT2D eigenvalue weighted by molar-refractivity contribution is 6.09. The molecule has 0 bridgehead atoms. The number of amides is 3. The largest absolute Gasteiger partial charge is 0.506 e. The molecule has 2 aromatic rings. The van der Waals surface area contributed by atoms with E-state index in [1.165, 1.54) is 44.9 Å². The van der Waals surface area contributed by atoms with Gasteiger partial charge in [0.25, 0.3) is 5.91 Å². The molecule has 2 unspecified atom stereocenters. The Labute approximate surface area is 288 Å². The highest BCUT2D eigenvalue weighted by Gasteiger charge is 2.24. The van der Waals surface area contributed by atoms with Crippen LogP contribution in [0.25, 0.3) is 10.8 Å². The Morgan fingerprint density at radius 3 is 2.04 bits per heavy atom. The molecular formula is C39H61N3O6. The molecule has 2 aromatic carbocycles.